The van der Waals surface area contributed by atoms with E-state index in [4.69, 9.17) is 10.5 Å². The van der Waals surface area contributed by atoms with E-state index in [2.05, 4.69) is 29.2 Å². The highest BCUT2D eigenvalue weighted by molar-refractivity contribution is 5.68. The van der Waals surface area contributed by atoms with Crippen molar-refractivity contribution in [1.29, 1.82) is 0 Å². The number of hydrogen-bond donors (Lipinski definition) is 1. The van der Waals surface area contributed by atoms with Crippen molar-refractivity contribution in [1.82, 2.24) is 4.90 Å². The van der Waals surface area contributed by atoms with E-state index in [0.29, 0.717) is 12.1 Å². The lowest BCUT2D eigenvalue weighted by molar-refractivity contribution is 0.0889. The van der Waals surface area contributed by atoms with Gasteiger partial charge < -0.3 is 10.5 Å². The number of nitrogens with zero attached hydrogens (tertiary/aromatic N) is 1. The summed E-state index contributed by atoms with van der Waals surface area (Å²) in [6.07, 6.45) is 7.09. The second-order valence-corrected chi connectivity index (χ2v) is 6.29. The largest absolute Gasteiger partial charge is 0.493 e. The second-order valence-electron chi connectivity index (χ2n) is 6.29. The third-order valence-corrected chi connectivity index (χ3v) is 4.90. The molecule has 0 bridgehead atoms. The molecule has 1 unspecified atom stereocenters. The molecular formula is C17H22N2O. The Morgan fingerprint density at radius 1 is 1.20 bits per heavy atom. The van der Waals surface area contributed by atoms with Gasteiger partial charge in [-0.3, -0.25) is 4.90 Å². The molecule has 1 aromatic rings. The van der Waals surface area contributed by atoms with E-state index in [0.717, 1.165) is 31.9 Å². The van der Waals surface area contributed by atoms with E-state index in [1.165, 1.54) is 36.0 Å². The molecule has 4 rings (SSSR count). The van der Waals surface area contributed by atoms with Crippen LogP contribution in [0.15, 0.2) is 24.3 Å². The van der Waals surface area contributed by atoms with Crippen LogP contribution in [0.25, 0.3) is 5.57 Å². The van der Waals surface area contributed by atoms with Gasteiger partial charge in [-0.2, -0.15) is 0 Å². The van der Waals surface area contributed by atoms with Gasteiger partial charge >= 0.3 is 0 Å². The average Bonchev–Trinajstić information content (AvgIpc) is 2.91. The molecule has 2 N–H and O–H groups in total. The summed E-state index contributed by atoms with van der Waals surface area (Å²) >= 11 is 0. The molecule has 0 aromatic heterocycles. The van der Waals surface area contributed by atoms with Crippen molar-refractivity contribution in [3.63, 3.8) is 0 Å². The summed E-state index contributed by atoms with van der Waals surface area (Å²) < 4.78 is 5.68. The maximum Gasteiger partial charge on any atom is 0.123 e. The number of ether oxygens (including phenoxy) is 1. The Morgan fingerprint density at radius 3 is 2.85 bits per heavy atom. The Bertz CT molecular complexity index is 546. The van der Waals surface area contributed by atoms with Gasteiger partial charge in [-0.25, -0.2) is 0 Å². The highest BCUT2D eigenvalue weighted by Crippen LogP contribution is 2.34. The fourth-order valence-electron chi connectivity index (χ4n) is 3.63. The lowest BCUT2D eigenvalue weighted by Crippen LogP contribution is -2.59. The fourth-order valence-corrected chi connectivity index (χ4v) is 3.63. The van der Waals surface area contributed by atoms with Gasteiger partial charge in [0.1, 0.15) is 5.75 Å². The molecule has 1 aromatic carbocycles. The standard InChI is InChI=1S/C17H22N2O/c18-15-10-19(11-15)16-5-3-12(4-6-16)14-2-1-13-7-8-20-17(13)9-14/h1-3,9,15-16H,4-8,10-11,18H2. The molecule has 1 aliphatic carbocycles. The number of hydrogen-bond acceptors (Lipinski definition) is 3. The van der Waals surface area contributed by atoms with Crippen LogP contribution in [-0.2, 0) is 6.42 Å². The first-order chi connectivity index (χ1) is 9.79. The molecule has 2 aliphatic heterocycles. The summed E-state index contributed by atoms with van der Waals surface area (Å²) in [5.74, 6) is 1.10. The summed E-state index contributed by atoms with van der Waals surface area (Å²) in [5.41, 5.74) is 10.1. The molecule has 1 fully saturated rings. The van der Waals surface area contributed by atoms with Crippen molar-refractivity contribution < 1.29 is 4.74 Å². The Morgan fingerprint density at radius 2 is 2.10 bits per heavy atom. The zero-order valence-electron chi connectivity index (χ0n) is 11.8. The fraction of sp³-hybridized carbons (Fsp3) is 0.529. The lowest BCUT2D eigenvalue weighted by Gasteiger charge is -2.43. The molecule has 0 radical (unpaired) electrons. The van der Waals surface area contributed by atoms with E-state index < -0.39 is 0 Å². The molecule has 106 valence electrons. The second kappa shape index (κ2) is 4.90. The number of fused-ring (bicyclic) bond motifs is 1. The first-order valence-electron chi connectivity index (χ1n) is 7.74. The average molecular weight is 270 g/mol. The summed E-state index contributed by atoms with van der Waals surface area (Å²) in [5, 5.41) is 0. The first kappa shape index (κ1) is 12.4. The molecule has 3 heteroatoms. The van der Waals surface area contributed by atoms with Gasteiger partial charge in [-0.15, -0.1) is 0 Å². The molecule has 1 saturated heterocycles. The van der Waals surface area contributed by atoms with Crippen molar-refractivity contribution in [2.24, 2.45) is 5.73 Å². The van der Waals surface area contributed by atoms with Gasteiger partial charge in [-0.05, 0) is 42.0 Å². The lowest BCUT2D eigenvalue weighted by atomic mass is 9.88. The Kier molecular flexibility index (Phi) is 3.04. The molecule has 20 heavy (non-hydrogen) atoms. The van der Waals surface area contributed by atoms with Crippen LogP contribution in [0.2, 0.25) is 0 Å². The summed E-state index contributed by atoms with van der Waals surface area (Å²) in [6.45, 7) is 3.01. The van der Waals surface area contributed by atoms with Gasteiger partial charge in [0.15, 0.2) is 0 Å². The van der Waals surface area contributed by atoms with Crippen LogP contribution < -0.4 is 10.5 Å². The zero-order valence-corrected chi connectivity index (χ0v) is 11.8. The molecule has 2 heterocycles. The Hall–Kier alpha value is -1.32. The zero-order chi connectivity index (χ0) is 13.5. The maximum atomic E-state index is 5.87. The first-order valence-corrected chi connectivity index (χ1v) is 7.74. The molecule has 0 saturated carbocycles. The SMILES string of the molecule is NC1CN(C2CC=C(c3ccc4c(c3)OCC4)CC2)C1. The monoisotopic (exact) mass is 270 g/mol. The van der Waals surface area contributed by atoms with Crippen LogP contribution >= 0.6 is 0 Å². The molecule has 1 atom stereocenters. The van der Waals surface area contributed by atoms with Gasteiger partial charge in [0, 0.05) is 31.6 Å². The minimum atomic E-state index is 0.411. The predicted molar refractivity (Wildman–Crippen MR) is 80.8 cm³/mol. The maximum absolute atomic E-state index is 5.87. The van der Waals surface area contributed by atoms with Gasteiger partial charge in [0.2, 0.25) is 0 Å². The van der Waals surface area contributed by atoms with Crippen LogP contribution in [0.4, 0.5) is 0 Å². The van der Waals surface area contributed by atoms with Crippen LogP contribution in [0, 0.1) is 0 Å². The number of rotatable bonds is 2. The molecule has 3 nitrogen and oxygen atoms in total. The quantitative estimate of drug-likeness (QED) is 0.895. The van der Waals surface area contributed by atoms with E-state index in [-0.39, 0.29) is 0 Å². The van der Waals surface area contributed by atoms with Crippen molar-refractivity contribution in [2.45, 2.75) is 37.8 Å². The minimum Gasteiger partial charge on any atom is -0.493 e. The van der Waals surface area contributed by atoms with E-state index in [9.17, 15) is 0 Å². The van der Waals surface area contributed by atoms with Crippen LogP contribution in [0.1, 0.15) is 30.4 Å². The molecular weight excluding hydrogens is 248 g/mol. The van der Waals surface area contributed by atoms with Crippen LogP contribution in [-0.4, -0.2) is 36.7 Å². The van der Waals surface area contributed by atoms with Gasteiger partial charge in [0.25, 0.3) is 0 Å². The van der Waals surface area contributed by atoms with Crippen molar-refractivity contribution in [2.75, 3.05) is 19.7 Å². The van der Waals surface area contributed by atoms with Crippen LogP contribution in [0.5, 0.6) is 5.75 Å². The van der Waals surface area contributed by atoms with E-state index >= 15 is 0 Å². The van der Waals surface area contributed by atoms with Crippen molar-refractivity contribution in [3.8, 4) is 5.75 Å². The van der Waals surface area contributed by atoms with Gasteiger partial charge in [-0.1, -0.05) is 18.2 Å². The smallest absolute Gasteiger partial charge is 0.123 e. The Labute approximate surface area is 120 Å². The highest BCUT2D eigenvalue weighted by atomic mass is 16.5. The molecule has 0 amide bonds. The predicted octanol–water partition coefficient (Wildman–Crippen LogP) is 2.20. The normalized spacial score (nSPS) is 26.6. The number of benzene rings is 1. The van der Waals surface area contributed by atoms with E-state index in [1.54, 1.807) is 0 Å². The third-order valence-electron chi connectivity index (χ3n) is 4.90. The summed E-state index contributed by atoms with van der Waals surface area (Å²) in [6, 6.07) is 7.85. The van der Waals surface area contributed by atoms with Crippen LogP contribution in [0.3, 0.4) is 0 Å². The minimum absolute atomic E-state index is 0.411. The molecule has 0 spiro atoms. The van der Waals surface area contributed by atoms with Crippen molar-refractivity contribution >= 4 is 5.57 Å². The number of allylic oxidation sites excluding steroid dienone is 1. The topological polar surface area (TPSA) is 38.5 Å². The molecule has 3 aliphatic rings. The Balaban J connectivity index is 1.47. The van der Waals surface area contributed by atoms with Gasteiger partial charge in [0.05, 0.1) is 6.61 Å². The summed E-state index contributed by atoms with van der Waals surface area (Å²) in [4.78, 5) is 2.53. The van der Waals surface area contributed by atoms with Crippen molar-refractivity contribution in [3.05, 3.63) is 35.4 Å². The summed E-state index contributed by atoms with van der Waals surface area (Å²) in [7, 11) is 0. The highest BCUT2D eigenvalue weighted by Gasteiger charge is 2.30. The number of likely N-dealkylation sites (tertiary alicyclic amines) is 1. The van der Waals surface area contributed by atoms with E-state index in [1.807, 2.05) is 0 Å². The third kappa shape index (κ3) is 2.15. The number of nitrogens with two attached hydrogens (primary N) is 1.